The Labute approximate surface area is 213 Å². The number of aromatic nitrogens is 1. The van der Waals surface area contributed by atoms with Crippen molar-refractivity contribution in [3.63, 3.8) is 0 Å². The van der Waals surface area contributed by atoms with Gasteiger partial charge in [-0.2, -0.15) is 0 Å². The predicted molar refractivity (Wildman–Crippen MR) is 144 cm³/mol. The largest absolute Gasteiger partial charge is 0.366 e. The van der Waals surface area contributed by atoms with Gasteiger partial charge in [-0.3, -0.25) is 0 Å². The number of aliphatic imine (C=N–C) groups is 1. The first-order valence-corrected chi connectivity index (χ1v) is 11.5. The Hall–Kier alpha value is -2.14. The lowest BCUT2D eigenvalue weighted by atomic mass is 10.2. The van der Waals surface area contributed by atoms with E-state index in [1.165, 1.54) is 6.07 Å². The van der Waals surface area contributed by atoms with Crippen LogP contribution in [-0.4, -0.2) is 86.7 Å². The zero-order chi connectivity index (χ0) is 22.3. The van der Waals surface area contributed by atoms with Crippen molar-refractivity contribution >= 4 is 41.4 Å². The van der Waals surface area contributed by atoms with Gasteiger partial charge in [-0.05, 0) is 43.8 Å². The maximum atomic E-state index is 14.1. The standard InChI is InChI=1S/C24H34FN7.HI/c1-3-26-24(32-16-14-30(15-17-32)22-7-5-4-6-21(22)25)28-19-20-8-9-27-23(18-20)31-12-10-29(2)11-13-31;/h4-9,18H,3,10-17,19H2,1-2H3,(H,26,28);1H. The fraction of sp³-hybridized carbons (Fsp3) is 0.500. The van der Waals surface area contributed by atoms with E-state index < -0.39 is 0 Å². The summed E-state index contributed by atoms with van der Waals surface area (Å²) in [5, 5.41) is 3.42. The van der Waals surface area contributed by atoms with Crippen molar-refractivity contribution in [3.8, 4) is 0 Å². The number of nitrogens with zero attached hydrogens (tertiary/aromatic N) is 6. The van der Waals surface area contributed by atoms with Gasteiger partial charge in [0.25, 0.3) is 0 Å². The molecule has 9 heteroatoms. The number of nitrogens with one attached hydrogen (secondary N) is 1. The van der Waals surface area contributed by atoms with Crippen molar-refractivity contribution in [2.24, 2.45) is 4.99 Å². The average molecular weight is 567 g/mol. The molecule has 0 bridgehead atoms. The Balaban J connectivity index is 0.00000306. The monoisotopic (exact) mass is 567 g/mol. The summed E-state index contributed by atoms with van der Waals surface area (Å²) in [6.45, 7) is 10.8. The van der Waals surface area contributed by atoms with Gasteiger partial charge in [-0.25, -0.2) is 14.4 Å². The van der Waals surface area contributed by atoms with Gasteiger partial charge < -0.3 is 24.9 Å². The number of hydrogen-bond donors (Lipinski definition) is 1. The first kappa shape index (κ1) is 25.5. The molecule has 0 aliphatic carbocycles. The smallest absolute Gasteiger partial charge is 0.194 e. The summed E-state index contributed by atoms with van der Waals surface area (Å²) in [5.41, 5.74) is 1.84. The van der Waals surface area contributed by atoms with Crippen molar-refractivity contribution in [1.82, 2.24) is 20.1 Å². The Bertz CT molecular complexity index is 909. The molecule has 0 atom stereocenters. The molecular formula is C24H35FIN7. The lowest BCUT2D eigenvalue weighted by Crippen LogP contribution is -2.52. The molecule has 3 heterocycles. The van der Waals surface area contributed by atoms with E-state index in [1.807, 2.05) is 24.4 Å². The molecule has 2 aliphatic heterocycles. The minimum absolute atomic E-state index is 0. The molecule has 1 aromatic heterocycles. The van der Waals surface area contributed by atoms with E-state index in [0.717, 1.165) is 76.2 Å². The third-order valence-corrected chi connectivity index (χ3v) is 6.16. The van der Waals surface area contributed by atoms with Gasteiger partial charge in [0.1, 0.15) is 11.6 Å². The summed E-state index contributed by atoms with van der Waals surface area (Å²) in [6, 6.07) is 11.2. The topological polar surface area (TPSA) is 50.2 Å². The van der Waals surface area contributed by atoms with Crippen LogP contribution in [0.4, 0.5) is 15.9 Å². The molecule has 0 spiro atoms. The first-order valence-electron chi connectivity index (χ1n) is 11.5. The van der Waals surface area contributed by atoms with Gasteiger partial charge in [0, 0.05) is 65.1 Å². The normalized spacial score (nSPS) is 17.7. The Morgan fingerprint density at radius 3 is 2.39 bits per heavy atom. The molecule has 4 rings (SSSR count). The van der Waals surface area contributed by atoms with Gasteiger partial charge in [0.15, 0.2) is 5.96 Å². The molecule has 2 aromatic rings. The van der Waals surface area contributed by atoms with Crippen molar-refractivity contribution < 1.29 is 4.39 Å². The minimum Gasteiger partial charge on any atom is -0.366 e. The molecule has 0 unspecified atom stereocenters. The van der Waals surface area contributed by atoms with Gasteiger partial charge in [0.2, 0.25) is 0 Å². The Morgan fingerprint density at radius 2 is 1.70 bits per heavy atom. The lowest BCUT2D eigenvalue weighted by Gasteiger charge is -2.37. The fourth-order valence-electron chi connectivity index (χ4n) is 4.23. The molecule has 0 radical (unpaired) electrons. The summed E-state index contributed by atoms with van der Waals surface area (Å²) in [5.74, 6) is 1.79. The van der Waals surface area contributed by atoms with Crippen molar-refractivity contribution in [1.29, 1.82) is 0 Å². The number of hydrogen-bond acceptors (Lipinski definition) is 5. The van der Waals surface area contributed by atoms with E-state index in [1.54, 1.807) is 6.07 Å². The summed E-state index contributed by atoms with van der Waals surface area (Å²) in [4.78, 5) is 18.6. The van der Waals surface area contributed by atoms with Gasteiger partial charge in [0.05, 0.1) is 12.2 Å². The number of likely N-dealkylation sites (N-methyl/N-ethyl adjacent to an activating group) is 1. The number of anilines is 2. The second-order valence-corrected chi connectivity index (χ2v) is 8.41. The molecular weight excluding hydrogens is 532 g/mol. The van der Waals surface area contributed by atoms with Crippen LogP contribution in [0.3, 0.4) is 0 Å². The summed E-state index contributed by atoms with van der Waals surface area (Å²) in [7, 11) is 2.16. The summed E-state index contributed by atoms with van der Waals surface area (Å²) < 4.78 is 14.1. The SMILES string of the molecule is CCNC(=NCc1ccnc(N2CCN(C)CC2)c1)N1CCN(c2ccccc2F)CC1.I. The maximum Gasteiger partial charge on any atom is 0.194 e. The molecule has 2 aliphatic rings. The second kappa shape index (κ2) is 12.4. The number of guanidine groups is 1. The third kappa shape index (κ3) is 6.69. The van der Waals surface area contributed by atoms with E-state index in [2.05, 4.69) is 49.9 Å². The van der Waals surface area contributed by atoms with Crippen LogP contribution in [0.1, 0.15) is 12.5 Å². The number of rotatable bonds is 5. The number of pyridine rings is 1. The molecule has 33 heavy (non-hydrogen) atoms. The second-order valence-electron chi connectivity index (χ2n) is 8.41. The van der Waals surface area contributed by atoms with Gasteiger partial charge >= 0.3 is 0 Å². The summed E-state index contributed by atoms with van der Waals surface area (Å²) >= 11 is 0. The quantitative estimate of drug-likeness (QED) is 0.341. The van der Waals surface area contributed by atoms with E-state index in [4.69, 9.17) is 4.99 Å². The molecule has 0 saturated carbocycles. The van der Waals surface area contributed by atoms with Gasteiger partial charge in [-0.15, -0.1) is 24.0 Å². The van der Waals surface area contributed by atoms with E-state index in [0.29, 0.717) is 12.2 Å². The Morgan fingerprint density at radius 1 is 1.00 bits per heavy atom. The highest BCUT2D eigenvalue weighted by Gasteiger charge is 2.21. The van der Waals surface area contributed by atoms with E-state index >= 15 is 0 Å². The third-order valence-electron chi connectivity index (χ3n) is 6.16. The fourth-order valence-corrected chi connectivity index (χ4v) is 4.23. The van der Waals surface area contributed by atoms with Crippen LogP contribution < -0.4 is 15.1 Å². The van der Waals surface area contributed by atoms with Crippen molar-refractivity contribution in [2.75, 3.05) is 75.8 Å². The average Bonchev–Trinajstić information content (AvgIpc) is 2.83. The highest BCUT2D eigenvalue weighted by Crippen LogP contribution is 2.20. The molecule has 7 nitrogen and oxygen atoms in total. The molecule has 2 fully saturated rings. The predicted octanol–water partition coefficient (Wildman–Crippen LogP) is 2.88. The van der Waals surface area contributed by atoms with Crippen LogP contribution in [0, 0.1) is 5.82 Å². The molecule has 1 aromatic carbocycles. The van der Waals surface area contributed by atoms with E-state index in [9.17, 15) is 4.39 Å². The van der Waals surface area contributed by atoms with Gasteiger partial charge in [-0.1, -0.05) is 12.1 Å². The molecule has 0 amide bonds. The lowest BCUT2D eigenvalue weighted by molar-refractivity contribution is 0.312. The van der Waals surface area contributed by atoms with E-state index in [-0.39, 0.29) is 29.8 Å². The number of benzene rings is 1. The maximum absolute atomic E-state index is 14.1. The first-order chi connectivity index (χ1) is 15.6. The van der Waals surface area contributed by atoms with Crippen LogP contribution in [0.15, 0.2) is 47.6 Å². The summed E-state index contributed by atoms with van der Waals surface area (Å²) in [6.07, 6.45) is 1.89. The van der Waals surface area contributed by atoms with Crippen LogP contribution in [-0.2, 0) is 6.54 Å². The van der Waals surface area contributed by atoms with Crippen LogP contribution in [0.25, 0.3) is 0 Å². The van der Waals surface area contributed by atoms with Crippen LogP contribution in [0.5, 0.6) is 0 Å². The highest BCUT2D eigenvalue weighted by atomic mass is 127. The van der Waals surface area contributed by atoms with Crippen molar-refractivity contribution in [3.05, 3.63) is 54.0 Å². The van der Waals surface area contributed by atoms with Crippen LogP contribution in [0.2, 0.25) is 0 Å². The Kier molecular flexibility index (Phi) is 9.54. The number of halogens is 2. The zero-order valence-corrected chi connectivity index (χ0v) is 21.9. The minimum atomic E-state index is -0.157. The van der Waals surface area contributed by atoms with Crippen molar-refractivity contribution in [2.45, 2.75) is 13.5 Å². The van der Waals surface area contributed by atoms with Crippen LogP contribution >= 0.6 is 24.0 Å². The molecule has 2 saturated heterocycles. The number of piperazine rings is 2. The zero-order valence-electron chi connectivity index (χ0n) is 19.6. The molecule has 1 N–H and O–H groups in total. The number of para-hydroxylation sites is 1. The highest BCUT2D eigenvalue weighted by molar-refractivity contribution is 14.0. The molecule has 180 valence electrons.